The number of ether oxygens (including phenoxy) is 2. The van der Waals surface area contributed by atoms with Crippen molar-refractivity contribution in [3.05, 3.63) is 29.3 Å². The van der Waals surface area contributed by atoms with Gasteiger partial charge in [-0.2, -0.15) is 17.6 Å². The minimum Gasteiger partial charge on any atom is -0.493 e. The summed E-state index contributed by atoms with van der Waals surface area (Å²) >= 11 is 0. The molecular formula is C15H17F5O2. The lowest BCUT2D eigenvalue weighted by Crippen LogP contribution is -2.46. The molecule has 2 rings (SSSR count). The molecule has 0 saturated carbocycles. The summed E-state index contributed by atoms with van der Waals surface area (Å²) in [7, 11) is 1.15. The Kier molecular flexibility index (Phi) is 4.14. The minimum absolute atomic E-state index is 0.175. The third kappa shape index (κ3) is 2.35. The summed E-state index contributed by atoms with van der Waals surface area (Å²) in [5.74, 6) is -4.45. The maximum Gasteiger partial charge on any atom is 0.417 e. The number of halogens is 5. The van der Waals surface area contributed by atoms with Gasteiger partial charge in [0, 0.05) is 17.4 Å². The molecule has 0 radical (unpaired) electrons. The van der Waals surface area contributed by atoms with E-state index in [2.05, 4.69) is 0 Å². The molecule has 0 aliphatic carbocycles. The van der Waals surface area contributed by atoms with Gasteiger partial charge in [-0.3, -0.25) is 0 Å². The molecule has 7 heteroatoms. The summed E-state index contributed by atoms with van der Waals surface area (Å²) in [4.78, 5) is 0. The lowest BCUT2D eigenvalue weighted by Gasteiger charge is -2.32. The SMILES string of the molecule is COc1c(C2C(C)OC(C)(C(F)(F)F)C2C)ccc(F)c1F. The molecule has 124 valence electrons. The zero-order valence-corrected chi connectivity index (χ0v) is 12.6. The molecular weight excluding hydrogens is 307 g/mol. The highest BCUT2D eigenvalue weighted by atomic mass is 19.4. The van der Waals surface area contributed by atoms with Crippen molar-refractivity contribution in [2.24, 2.45) is 5.92 Å². The molecule has 0 N–H and O–H groups in total. The Morgan fingerprint density at radius 1 is 1.18 bits per heavy atom. The summed E-state index contributed by atoms with van der Waals surface area (Å²) in [5, 5.41) is 0. The van der Waals surface area contributed by atoms with E-state index < -0.39 is 41.4 Å². The molecule has 2 nitrogen and oxygen atoms in total. The third-order valence-corrected chi connectivity index (χ3v) is 4.55. The summed E-state index contributed by atoms with van der Waals surface area (Å²) < 4.78 is 77.0. The fourth-order valence-corrected chi connectivity index (χ4v) is 3.18. The molecule has 1 fully saturated rings. The standard InChI is InChI=1S/C15H17F5O2/c1-7-11(8(2)22-14(7,3)15(18,19)20)9-5-6-10(16)12(17)13(9)21-4/h5-8,11H,1-4H3. The molecule has 1 heterocycles. The summed E-state index contributed by atoms with van der Waals surface area (Å²) in [5.41, 5.74) is -2.18. The molecule has 22 heavy (non-hydrogen) atoms. The maximum absolute atomic E-state index is 13.8. The predicted octanol–water partition coefficient (Wildman–Crippen LogP) is 4.43. The molecule has 0 aromatic heterocycles. The first-order chi connectivity index (χ1) is 10.0. The van der Waals surface area contributed by atoms with E-state index in [0.29, 0.717) is 0 Å². The van der Waals surface area contributed by atoms with Crippen LogP contribution >= 0.6 is 0 Å². The Hall–Kier alpha value is -1.37. The Morgan fingerprint density at radius 2 is 1.77 bits per heavy atom. The van der Waals surface area contributed by atoms with E-state index in [1.54, 1.807) is 0 Å². The smallest absolute Gasteiger partial charge is 0.417 e. The highest BCUT2D eigenvalue weighted by Gasteiger charge is 2.63. The molecule has 0 bridgehead atoms. The largest absolute Gasteiger partial charge is 0.493 e. The van der Waals surface area contributed by atoms with Gasteiger partial charge in [-0.25, -0.2) is 4.39 Å². The van der Waals surface area contributed by atoms with Crippen molar-refractivity contribution in [3.8, 4) is 5.75 Å². The fraction of sp³-hybridized carbons (Fsp3) is 0.600. The van der Waals surface area contributed by atoms with E-state index in [1.165, 1.54) is 19.9 Å². The van der Waals surface area contributed by atoms with Gasteiger partial charge in [-0.15, -0.1) is 0 Å². The molecule has 0 amide bonds. The second-order valence-electron chi connectivity index (χ2n) is 5.73. The van der Waals surface area contributed by atoms with Gasteiger partial charge in [0.05, 0.1) is 13.2 Å². The summed E-state index contributed by atoms with van der Waals surface area (Å²) in [6.45, 7) is 3.85. The normalized spacial score (nSPS) is 32.3. The van der Waals surface area contributed by atoms with E-state index in [4.69, 9.17) is 9.47 Å². The minimum atomic E-state index is -4.57. The van der Waals surface area contributed by atoms with Crippen LogP contribution in [0.2, 0.25) is 0 Å². The Labute approximate surface area is 125 Å². The molecule has 1 aromatic rings. The number of rotatable bonds is 2. The van der Waals surface area contributed by atoms with E-state index in [-0.39, 0.29) is 11.3 Å². The Bertz CT molecular complexity index is 572. The van der Waals surface area contributed by atoms with Crippen molar-refractivity contribution in [1.29, 1.82) is 0 Å². The molecule has 4 atom stereocenters. The average molecular weight is 324 g/mol. The average Bonchev–Trinajstić information content (AvgIpc) is 2.64. The zero-order valence-electron chi connectivity index (χ0n) is 12.6. The third-order valence-electron chi connectivity index (χ3n) is 4.55. The van der Waals surface area contributed by atoms with Crippen molar-refractivity contribution in [2.45, 2.75) is 44.6 Å². The quantitative estimate of drug-likeness (QED) is 0.749. The highest BCUT2D eigenvalue weighted by molar-refractivity contribution is 5.40. The van der Waals surface area contributed by atoms with Gasteiger partial charge in [-0.05, 0) is 19.9 Å². The van der Waals surface area contributed by atoms with Gasteiger partial charge in [0.15, 0.2) is 17.2 Å². The number of hydrogen-bond acceptors (Lipinski definition) is 2. The Morgan fingerprint density at radius 3 is 2.23 bits per heavy atom. The first kappa shape index (κ1) is 17.0. The van der Waals surface area contributed by atoms with Crippen molar-refractivity contribution in [2.75, 3.05) is 7.11 Å². The van der Waals surface area contributed by atoms with Crippen molar-refractivity contribution in [3.63, 3.8) is 0 Å². The van der Waals surface area contributed by atoms with Crippen LogP contribution in [-0.2, 0) is 4.74 Å². The van der Waals surface area contributed by atoms with Gasteiger partial charge in [-0.1, -0.05) is 13.0 Å². The van der Waals surface area contributed by atoms with Crippen molar-refractivity contribution < 1.29 is 31.4 Å². The molecule has 4 unspecified atom stereocenters. The van der Waals surface area contributed by atoms with Crippen LogP contribution < -0.4 is 4.74 Å². The number of alkyl halides is 3. The Balaban J connectivity index is 2.53. The topological polar surface area (TPSA) is 18.5 Å². The van der Waals surface area contributed by atoms with Gasteiger partial charge in [0.25, 0.3) is 0 Å². The summed E-state index contributed by atoms with van der Waals surface area (Å²) in [6, 6.07) is 2.14. The van der Waals surface area contributed by atoms with E-state index in [9.17, 15) is 22.0 Å². The van der Waals surface area contributed by atoms with Crippen LogP contribution in [0.15, 0.2) is 12.1 Å². The van der Waals surface area contributed by atoms with Crippen LogP contribution in [-0.4, -0.2) is 25.0 Å². The predicted molar refractivity (Wildman–Crippen MR) is 69.8 cm³/mol. The molecule has 1 aliphatic rings. The van der Waals surface area contributed by atoms with Gasteiger partial charge in [0.2, 0.25) is 5.82 Å². The maximum atomic E-state index is 13.8. The van der Waals surface area contributed by atoms with Crippen LogP contribution in [0.5, 0.6) is 5.75 Å². The fourth-order valence-electron chi connectivity index (χ4n) is 3.18. The van der Waals surface area contributed by atoms with E-state index >= 15 is 0 Å². The number of methoxy groups -OCH3 is 1. The molecule has 1 aliphatic heterocycles. The number of hydrogen-bond donors (Lipinski definition) is 0. The van der Waals surface area contributed by atoms with Crippen molar-refractivity contribution in [1.82, 2.24) is 0 Å². The van der Waals surface area contributed by atoms with E-state index in [0.717, 1.165) is 20.1 Å². The molecule has 1 saturated heterocycles. The first-order valence-electron chi connectivity index (χ1n) is 6.81. The number of benzene rings is 1. The summed E-state index contributed by atoms with van der Waals surface area (Å²) in [6.07, 6.45) is -5.39. The lowest BCUT2D eigenvalue weighted by molar-refractivity contribution is -0.273. The van der Waals surface area contributed by atoms with Crippen LogP contribution in [0.25, 0.3) is 0 Å². The lowest BCUT2D eigenvalue weighted by atomic mass is 9.77. The van der Waals surface area contributed by atoms with Crippen LogP contribution in [0, 0.1) is 17.6 Å². The van der Waals surface area contributed by atoms with Gasteiger partial charge in [0.1, 0.15) is 0 Å². The van der Waals surface area contributed by atoms with Crippen LogP contribution in [0.1, 0.15) is 32.3 Å². The molecule has 0 spiro atoms. The van der Waals surface area contributed by atoms with E-state index in [1.807, 2.05) is 0 Å². The van der Waals surface area contributed by atoms with Crippen LogP contribution in [0.4, 0.5) is 22.0 Å². The molecule has 1 aromatic carbocycles. The highest BCUT2D eigenvalue weighted by Crippen LogP contribution is 2.54. The second-order valence-corrected chi connectivity index (χ2v) is 5.73. The second kappa shape index (κ2) is 5.37. The van der Waals surface area contributed by atoms with Gasteiger partial charge < -0.3 is 9.47 Å². The van der Waals surface area contributed by atoms with Crippen molar-refractivity contribution >= 4 is 0 Å². The van der Waals surface area contributed by atoms with Gasteiger partial charge >= 0.3 is 6.18 Å². The van der Waals surface area contributed by atoms with Crippen LogP contribution in [0.3, 0.4) is 0 Å². The first-order valence-corrected chi connectivity index (χ1v) is 6.81. The zero-order chi connectivity index (χ0) is 16.9. The monoisotopic (exact) mass is 324 g/mol.